The van der Waals surface area contributed by atoms with Crippen LogP contribution in [0.4, 0.5) is 5.69 Å². The van der Waals surface area contributed by atoms with Crippen LogP contribution in [0.2, 0.25) is 5.02 Å². The van der Waals surface area contributed by atoms with Crippen LogP contribution in [0.15, 0.2) is 18.2 Å². The summed E-state index contributed by atoms with van der Waals surface area (Å²) < 4.78 is 0. The highest BCUT2D eigenvalue weighted by molar-refractivity contribution is 7.99. The van der Waals surface area contributed by atoms with Gasteiger partial charge in [0, 0.05) is 11.8 Å². The standard InChI is InChI=1S/C12H15ClN2O3S/c1-8(19-2)6-7-14-12(16)9-4-3-5-10(13)11(9)15(17)18/h3-5,8H,6-7H2,1-2H3,(H,14,16). The molecule has 1 aromatic carbocycles. The smallest absolute Gasteiger partial charge is 0.300 e. The molecule has 0 saturated carbocycles. The topological polar surface area (TPSA) is 72.2 Å². The number of nitro groups is 1. The van der Waals surface area contributed by atoms with Gasteiger partial charge in [-0.3, -0.25) is 14.9 Å². The number of carbonyl (C=O) groups is 1. The van der Waals surface area contributed by atoms with Gasteiger partial charge in [0.15, 0.2) is 0 Å². The number of halogens is 1. The molecular weight excluding hydrogens is 288 g/mol. The van der Waals surface area contributed by atoms with E-state index in [1.165, 1.54) is 18.2 Å². The highest BCUT2D eigenvalue weighted by atomic mass is 35.5. The number of nitro benzene ring substituents is 1. The fourth-order valence-corrected chi connectivity index (χ4v) is 2.08. The Bertz CT molecular complexity index is 482. The van der Waals surface area contributed by atoms with Crippen molar-refractivity contribution in [3.8, 4) is 0 Å². The third-order valence-corrected chi connectivity index (χ3v) is 4.00. The molecule has 0 bridgehead atoms. The second-order valence-corrected chi connectivity index (χ2v) is 5.67. The fourth-order valence-electron chi connectivity index (χ4n) is 1.49. The number of hydrogen-bond acceptors (Lipinski definition) is 4. The van der Waals surface area contributed by atoms with Gasteiger partial charge in [0.25, 0.3) is 5.91 Å². The average Bonchev–Trinajstić information content (AvgIpc) is 2.37. The Kier molecular flexibility index (Phi) is 6.11. The van der Waals surface area contributed by atoms with Gasteiger partial charge in [-0.05, 0) is 24.8 Å². The molecule has 0 aromatic heterocycles. The molecule has 1 N–H and O–H groups in total. The van der Waals surface area contributed by atoms with Crippen molar-refractivity contribution in [2.24, 2.45) is 0 Å². The first-order chi connectivity index (χ1) is 8.97. The summed E-state index contributed by atoms with van der Waals surface area (Å²) in [7, 11) is 0. The van der Waals surface area contributed by atoms with Crippen LogP contribution in [0.3, 0.4) is 0 Å². The Morgan fingerprint density at radius 3 is 2.84 bits per heavy atom. The number of rotatable bonds is 6. The number of hydrogen-bond donors (Lipinski definition) is 1. The van der Waals surface area contributed by atoms with Crippen molar-refractivity contribution in [1.82, 2.24) is 5.32 Å². The Labute approximate surface area is 120 Å². The summed E-state index contributed by atoms with van der Waals surface area (Å²) in [6.07, 6.45) is 2.80. The van der Waals surface area contributed by atoms with Gasteiger partial charge in [-0.1, -0.05) is 24.6 Å². The molecule has 0 radical (unpaired) electrons. The lowest BCUT2D eigenvalue weighted by molar-refractivity contribution is -0.385. The SMILES string of the molecule is CSC(C)CCNC(=O)c1cccc(Cl)c1[N+](=O)[O-]. The van der Waals surface area contributed by atoms with E-state index in [9.17, 15) is 14.9 Å². The summed E-state index contributed by atoms with van der Waals surface area (Å²) >= 11 is 7.45. The summed E-state index contributed by atoms with van der Waals surface area (Å²) in [6.45, 7) is 2.53. The fraction of sp³-hybridized carbons (Fsp3) is 0.417. The summed E-state index contributed by atoms with van der Waals surface area (Å²) in [5.41, 5.74) is -0.353. The molecule has 0 spiro atoms. The molecule has 0 heterocycles. The number of nitrogens with zero attached hydrogens (tertiary/aromatic N) is 1. The van der Waals surface area contributed by atoms with Gasteiger partial charge in [0.05, 0.1) is 4.92 Å². The maximum absolute atomic E-state index is 11.9. The molecule has 1 atom stereocenters. The van der Waals surface area contributed by atoms with Gasteiger partial charge in [0.1, 0.15) is 10.6 Å². The normalized spacial score (nSPS) is 11.9. The minimum atomic E-state index is -0.637. The van der Waals surface area contributed by atoms with Gasteiger partial charge < -0.3 is 5.32 Å². The maximum atomic E-state index is 11.9. The second-order valence-electron chi connectivity index (χ2n) is 3.98. The van der Waals surface area contributed by atoms with Gasteiger partial charge in [0.2, 0.25) is 0 Å². The molecule has 7 heteroatoms. The minimum Gasteiger partial charge on any atom is -0.352 e. The molecule has 1 rings (SSSR count). The molecule has 0 aliphatic heterocycles. The number of amides is 1. The largest absolute Gasteiger partial charge is 0.352 e. The van der Waals surface area contributed by atoms with Gasteiger partial charge >= 0.3 is 5.69 Å². The van der Waals surface area contributed by atoms with E-state index in [1.54, 1.807) is 11.8 Å². The van der Waals surface area contributed by atoms with Crippen LogP contribution < -0.4 is 5.32 Å². The number of para-hydroxylation sites is 1. The van der Waals surface area contributed by atoms with Crippen LogP contribution in [-0.4, -0.2) is 28.9 Å². The van der Waals surface area contributed by atoms with Crippen molar-refractivity contribution in [3.05, 3.63) is 38.9 Å². The zero-order valence-corrected chi connectivity index (χ0v) is 12.3. The van der Waals surface area contributed by atoms with Gasteiger partial charge in [-0.2, -0.15) is 11.8 Å². The quantitative estimate of drug-likeness (QED) is 0.647. The van der Waals surface area contributed by atoms with Crippen LogP contribution in [0.25, 0.3) is 0 Å². The molecule has 1 unspecified atom stereocenters. The molecular formula is C12H15ClN2O3S. The molecule has 0 aliphatic carbocycles. The molecule has 5 nitrogen and oxygen atoms in total. The Morgan fingerprint density at radius 1 is 1.58 bits per heavy atom. The zero-order valence-electron chi connectivity index (χ0n) is 10.7. The first-order valence-electron chi connectivity index (χ1n) is 5.71. The Morgan fingerprint density at radius 2 is 2.26 bits per heavy atom. The molecule has 104 valence electrons. The first kappa shape index (κ1) is 15.8. The number of thioether (sulfide) groups is 1. The van der Waals surface area contributed by atoms with E-state index < -0.39 is 10.8 Å². The van der Waals surface area contributed by atoms with Crippen molar-refractivity contribution in [2.75, 3.05) is 12.8 Å². The zero-order chi connectivity index (χ0) is 14.4. The van der Waals surface area contributed by atoms with Crippen LogP contribution in [0.5, 0.6) is 0 Å². The first-order valence-corrected chi connectivity index (χ1v) is 7.37. The van der Waals surface area contributed by atoms with E-state index in [0.29, 0.717) is 11.8 Å². The van der Waals surface area contributed by atoms with E-state index in [2.05, 4.69) is 12.2 Å². The number of nitrogens with one attached hydrogen (secondary N) is 1. The van der Waals surface area contributed by atoms with E-state index in [0.717, 1.165) is 6.42 Å². The summed E-state index contributed by atoms with van der Waals surface area (Å²) in [6, 6.07) is 4.32. The highest BCUT2D eigenvalue weighted by Crippen LogP contribution is 2.28. The van der Waals surface area contributed by atoms with Gasteiger partial charge in [-0.15, -0.1) is 0 Å². The van der Waals surface area contributed by atoms with E-state index in [4.69, 9.17) is 11.6 Å². The van der Waals surface area contributed by atoms with E-state index in [1.807, 2.05) is 6.26 Å². The van der Waals surface area contributed by atoms with Crippen LogP contribution in [-0.2, 0) is 0 Å². The molecule has 0 saturated heterocycles. The molecule has 19 heavy (non-hydrogen) atoms. The van der Waals surface area contributed by atoms with Crippen LogP contribution >= 0.6 is 23.4 Å². The predicted octanol–water partition coefficient (Wildman–Crippen LogP) is 3.12. The van der Waals surface area contributed by atoms with Gasteiger partial charge in [-0.25, -0.2) is 0 Å². The number of benzene rings is 1. The average molecular weight is 303 g/mol. The second kappa shape index (κ2) is 7.35. The third-order valence-electron chi connectivity index (χ3n) is 2.65. The minimum absolute atomic E-state index is 0.00527. The summed E-state index contributed by atoms with van der Waals surface area (Å²) in [5, 5.41) is 14.0. The summed E-state index contributed by atoms with van der Waals surface area (Å²) in [5.74, 6) is -0.470. The van der Waals surface area contributed by atoms with Crippen molar-refractivity contribution in [2.45, 2.75) is 18.6 Å². The molecule has 0 fully saturated rings. The van der Waals surface area contributed by atoms with Crippen molar-refractivity contribution < 1.29 is 9.72 Å². The van der Waals surface area contributed by atoms with Crippen LogP contribution in [0, 0.1) is 10.1 Å². The molecule has 0 aliphatic rings. The lowest BCUT2D eigenvalue weighted by Crippen LogP contribution is -2.26. The van der Waals surface area contributed by atoms with E-state index >= 15 is 0 Å². The highest BCUT2D eigenvalue weighted by Gasteiger charge is 2.23. The van der Waals surface area contributed by atoms with Crippen molar-refractivity contribution in [1.29, 1.82) is 0 Å². The van der Waals surface area contributed by atoms with Crippen molar-refractivity contribution in [3.63, 3.8) is 0 Å². The van der Waals surface area contributed by atoms with Crippen LogP contribution in [0.1, 0.15) is 23.7 Å². The predicted molar refractivity (Wildman–Crippen MR) is 78.0 cm³/mol. The Hall–Kier alpha value is -1.27. The van der Waals surface area contributed by atoms with E-state index in [-0.39, 0.29) is 16.3 Å². The summed E-state index contributed by atoms with van der Waals surface area (Å²) in [4.78, 5) is 22.2. The number of carbonyl (C=O) groups excluding carboxylic acids is 1. The molecule has 1 amide bonds. The maximum Gasteiger partial charge on any atom is 0.300 e. The lowest BCUT2D eigenvalue weighted by Gasteiger charge is -2.09. The lowest BCUT2D eigenvalue weighted by atomic mass is 10.1. The van der Waals surface area contributed by atoms with Crippen molar-refractivity contribution >= 4 is 35.0 Å². The Balaban J connectivity index is 2.77. The monoisotopic (exact) mass is 302 g/mol. The molecule has 1 aromatic rings. The third kappa shape index (κ3) is 4.40.